The van der Waals surface area contributed by atoms with E-state index in [4.69, 9.17) is 4.74 Å². The van der Waals surface area contributed by atoms with Crippen molar-refractivity contribution in [3.05, 3.63) is 48.6 Å². The summed E-state index contributed by atoms with van der Waals surface area (Å²) in [4.78, 5) is 46.9. The van der Waals surface area contributed by atoms with Gasteiger partial charge in [0.1, 0.15) is 23.8 Å². The lowest BCUT2D eigenvalue weighted by molar-refractivity contribution is -0.151. The van der Waals surface area contributed by atoms with Crippen LogP contribution in [0.15, 0.2) is 48.6 Å². The standard InChI is InChI=1S/C27H32N6O5/c1-3-12-30-13-6-10-20-21(24(30)35)22-25(36)33(17(2)15-34)23-26(37)31(14-7-11-27(22,23)38-20)16-32-19-9-5-4-8-18(19)28-29-32/h4-11,17,20-23,34H,3,12-16H2,1-2H3/t17-,20+,21-,22+,23?,27+/m1/s1. The lowest BCUT2D eigenvalue weighted by Gasteiger charge is -2.37. The fraction of sp³-hybridized carbons (Fsp3) is 0.519. The van der Waals surface area contributed by atoms with E-state index in [1.54, 1.807) is 21.4 Å². The maximum atomic E-state index is 14.3. The van der Waals surface area contributed by atoms with Crippen LogP contribution in [0, 0.1) is 11.8 Å². The van der Waals surface area contributed by atoms with Crippen LogP contribution in [-0.4, -0.2) is 103 Å². The predicted octanol–water partition coefficient (Wildman–Crippen LogP) is 0.557. The minimum absolute atomic E-state index is 0.131. The van der Waals surface area contributed by atoms with Gasteiger partial charge in [-0.25, -0.2) is 4.68 Å². The van der Waals surface area contributed by atoms with Gasteiger partial charge in [-0.05, 0) is 25.5 Å². The lowest BCUT2D eigenvalue weighted by atomic mass is 9.77. The maximum Gasteiger partial charge on any atom is 0.250 e. The van der Waals surface area contributed by atoms with Gasteiger partial charge in [0, 0.05) is 19.6 Å². The van der Waals surface area contributed by atoms with Crippen molar-refractivity contribution in [2.24, 2.45) is 11.8 Å². The van der Waals surface area contributed by atoms with Gasteiger partial charge in [-0.15, -0.1) is 5.10 Å². The highest BCUT2D eigenvalue weighted by Gasteiger charge is 2.72. The van der Waals surface area contributed by atoms with Crippen molar-refractivity contribution in [1.29, 1.82) is 0 Å². The van der Waals surface area contributed by atoms with Gasteiger partial charge in [0.05, 0.1) is 36.1 Å². The Morgan fingerprint density at radius 2 is 1.89 bits per heavy atom. The van der Waals surface area contributed by atoms with Crippen molar-refractivity contribution >= 4 is 28.8 Å². The molecule has 6 rings (SSSR count). The van der Waals surface area contributed by atoms with Crippen molar-refractivity contribution in [2.75, 3.05) is 26.2 Å². The van der Waals surface area contributed by atoms with Crippen LogP contribution in [0.25, 0.3) is 11.0 Å². The smallest absolute Gasteiger partial charge is 0.250 e. The zero-order valence-electron chi connectivity index (χ0n) is 21.5. The quantitative estimate of drug-likeness (QED) is 0.553. The molecule has 1 unspecified atom stereocenters. The fourth-order valence-corrected chi connectivity index (χ4v) is 6.52. The topological polar surface area (TPSA) is 121 Å². The molecule has 38 heavy (non-hydrogen) atoms. The average molecular weight is 521 g/mol. The highest BCUT2D eigenvalue weighted by molar-refractivity contribution is 6.00. The summed E-state index contributed by atoms with van der Waals surface area (Å²) in [7, 11) is 0. The number of nitrogens with zero attached hydrogens (tertiary/aromatic N) is 6. The Kier molecular flexibility index (Phi) is 6.07. The molecule has 11 heteroatoms. The van der Waals surface area contributed by atoms with E-state index in [0.29, 0.717) is 13.1 Å². The third-order valence-corrected chi connectivity index (χ3v) is 8.22. The summed E-state index contributed by atoms with van der Waals surface area (Å²) in [5.74, 6) is -2.40. The number of amides is 3. The summed E-state index contributed by atoms with van der Waals surface area (Å²) in [5.41, 5.74) is 0.186. The number of hydrogen-bond acceptors (Lipinski definition) is 7. The summed E-state index contributed by atoms with van der Waals surface area (Å²) < 4.78 is 8.26. The second-order valence-electron chi connectivity index (χ2n) is 10.5. The molecule has 0 radical (unpaired) electrons. The maximum absolute atomic E-state index is 14.3. The molecule has 1 N–H and O–H groups in total. The van der Waals surface area contributed by atoms with Gasteiger partial charge in [-0.1, -0.05) is 48.6 Å². The zero-order chi connectivity index (χ0) is 26.6. The number of hydrogen-bond donors (Lipinski definition) is 1. The van der Waals surface area contributed by atoms with Crippen molar-refractivity contribution in [2.45, 2.75) is 50.7 Å². The van der Waals surface area contributed by atoms with Gasteiger partial charge in [0.15, 0.2) is 0 Å². The van der Waals surface area contributed by atoms with Crippen LogP contribution in [0.5, 0.6) is 0 Å². The minimum atomic E-state index is -1.32. The Labute approximate surface area is 220 Å². The third-order valence-electron chi connectivity index (χ3n) is 8.22. The van der Waals surface area contributed by atoms with Crippen LogP contribution in [0.2, 0.25) is 0 Å². The molecular formula is C27H32N6O5. The Morgan fingerprint density at radius 1 is 1.11 bits per heavy atom. The van der Waals surface area contributed by atoms with Gasteiger partial charge in [-0.2, -0.15) is 0 Å². The second-order valence-corrected chi connectivity index (χ2v) is 10.5. The van der Waals surface area contributed by atoms with Crippen LogP contribution in [0.4, 0.5) is 0 Å². The molecule has 1 spiro atoms. The van der Waals surface area contributed by atoms with Crippen LogP contribution < -0.4 is 0 Å². The molecule has 2 fully saturated rings. The number of fused-ring (bicyclic) bond motifs is 3. The Bertz CT molecular complexity index is 1340. The Hall–Kier alpha value is -3.57. The highest BCUT2D eigenvalue weighted by Crippen LogP contribution is 2.53. The van der Waals surface area contributed by atoms with E-state index in [-0.39, 0.29) is 37.5 Å². The minimum Gasteiger partial charge on any atom is -0.394 e. The normalized spacial score (nSPS) is 31.4. The number of ether oxygens (including phenoxy) is 1. The first kappa shape index (κ1) is 24.7. The number of aliphatic hydroxyl groups is 1. The molecule has 0 aliphatic carbocycles. The summed E-state index contributed by atoms with van der Waals surface area (Å²) in [6, 6.07) is 5.84. The number of carbonyl (C=O) groups excluding carboxylic acids is 3. The van der Waals surface area contributed by atoms with Crippen LogP contribution in [0.1, 0.15) is 20.3 Å². The zero-order valence-corrected chi connectivity index (χ0v) is 21.5. The molecular weight excluding hydrogens is 488 g/mol. The van der Waals surface area contributed by atoms with Crippen molar-refractivity contribution in [3.8, 4) is 0 Å². The monoisotopic (exact) mass is 520 g/mol. The summed E-state index contributed by atoms with van der Waals surface area (Å²) >= 11 is 0. The number of benzene rings is 1. The molecule has 2 aromatic rings. The number of carbonyl (C=O) groups is 3. The molecule has 1 aromatic heterocycles. The van der Waals surface area contributed by atoms with Crippen molar-refractivity contribution in [3.63, 3.8) is 0 Å². The summed E-state index contributed by atoms with van der Waals surface area (Å²) in [6.07, 6.45) is 7.60. The van der Waals surface area contributed by atoms with Crippen LogP contribution in [0.3, 0.4) is 0 Å². The first-order valence-electron chi connectivity index (χ1n) is 13.2. The number of likely N-dealkylation sites (tertiary alicyclic amines) is 1. The predicted molar refractivity (Wildman–Crippen MR) is 136 cm³/mol. The second kappa shape index (κ2) is 9.32. The molecule has 4 aliphatic rings. The van der Waals surface area contributed by atoms with E-state index in [9.17, 15) is 19.5 Å². The number of aliphatic hydroxyl groups excluding tert-OH is 1. The van der Waals surface area contributed by atoms with Crippen molar-refractivity contribution < 1.29 is 24.2 Å². The van der Waals surface area contributed by atoms with Crippen molar-refractivity contribution in [1.82, 2.24) is 29.7 Å². The van der Waals surface area contributed by atoms with E-state index >= 15 is 0 Å². The van der Waals surface area contributed by atoms with Gasteiger partial charge in [0.25, 0.3) is 5.91 Å². The molecule has 1 aromatic carbocycles. The molecule has 3 amide bonds. The number of para-hydroxylation sites is 1. The Morgan fingerprint density at radius 3 is 2.68 bits per heavy atom. The average Bonchev–Trinajstić information content (AvgIpc) is 3.48. The first-order valence-corrected chi connectivity index (χ1v) is 13.2. The molecule has 5 heterocycles. The fourth-order valence-electron chi connectivity index (χ4n) is 6.52. The van der Waals surface area contributed by atoms with E-state index in [1.165, 1.54) is 4.90 Å². The summed E-state index contributed by atoms with van der Waals surface area (Å²) in [5, 5.41) is 18.5. The molecule has 0 bridgehead atoms. The summed E-state index contributed by atoms with van der Waals surface area (Å²) in [6.45, 7) is 4.84. The van der Waals surface area contributed by atoms with Crippen LogP contribution in [-0.2, 0) is 25.8 Å². The van der Waals surface area contributed by atoms with Crippen LogP contribution >= 0.6 is 0 Å². The first-order chi connectivity index (χ1) is 18.4. The molecule has 2 saturated heterocycles. The van der Waals surface area contributed by atoms with E-state index in [0.717, 1.165) is 17.5 Å². The number of aromatic nitrogens is 3. The molecule has 6 atom stereocenters. The number of rotatable bonds is 6. The molecule has 0 saturated carbocycles. The SMILES string of the molecule is CCCN1CC=C[C@@H]2O[C@]34C=CCN(Cn5nnc6ccccc65)C(=O)C3N([C@H](C)CO)C(=O)[C@@H]4[C@@H]2C1=O. The van der Waals surface area contributed by atoms with E-state index in [1.807, 2.05) is 55.5 Å². The largest absolute Gasteiger partial charge is 0.394 e. The Balaban J connectivity index is 1.41. The lowest BCUT2D eigenvalue weighted by Crippen LogP contribution is -2.57. The highest BCUT2D eigenvalue weighted by atomic mass is 16.5. The van der Waals surface area contributed by atoms with E-state index in [2.05, 4.69) is 10.3 Å². The molecule has 200 valence electrons. The van der Waals surface area contributed by atoms with Gasteiger partial charge < -0.3 is 24.5 Å². The molecule has 4 aliphatic heterocycles. The van der Waals surface area contributed by atoms with E-state index < -0.39 is 35.6 Å². The van der Waals surface area contributed by atoms with Gasteiger partial charge in [-0.3, -0.25) is 14.4 Å². The molecule has 11 nitrogen and oxygen atoms in total. The van der Waals surface area contributed by atoms with Gasteiger partial charge in [0.2, 0.25) is 11.8 Å². The third kappa shape index (κ3) is 3.52. The van der Waals surface area contributed by atoms with Gasteiger partial charge >= 0.3 is 0 Å².